The second-order valence-electron chi connectivity index (χ2n) is 11.8. The molecular formula is C30H43N3O6. The van der Waals surface area contributed by atoms with Gasteiger partial charge in [0, 0.05) is 50.2 Å². The maximum absolute atomic E-state index is 13.7. The number of pyridine rings is 1. The van der Waals surface area contributed by atoms with Crippen LogP contribution in [0.25, 0.3) is 0 Å². The van der Waals surface area contributed by atoms with E-state index >= 15 is 0 Å². The molecule has 2 saturated heterocycles. The van der Waals surface area contributed by atoms with Gasteiger partial charge in [-0.15, -0.1) is 0 Å². The molecule has 4 atom stereocenters. The number of morpholine rings is 1. The summed E-state index contributed by atoms with van der Waals surface area (Å²) in [5.74, 6) is -1.03. The zero-order chi connectivity index (χ0) is 27.8. The zero-order valence-corrected chi connectivity index (χ0v) is 23.4. The quantitative estimate of drug-likeness (QED) is 0.337. The molecule has 39 heavy (non-hydrogen) atoms. The van der Waals surface area contributed by atoms with Crippen molar-refractivity contribution in [3.8, 4) is 0 Å². The van der Waals surface area contributed by atoms with E-state index in [-0.39, 0.29) is 36.1 Å². The Balaban J connectivity index is 1.40. The Morgan fingerprint density at radius 1 is 1.10 bits per heavy atom. The number of ketones is 3. The van der Waals surface area contributed by atoms with Gasteiger partial charge >= 0.3 is 0 Å². The van der Waals surface area contributed by atoms with Crippen molar-refractivity contribution in [2.75, 3.05) is 39.5 Å². The van der Waals surface area contributed by atoms with Crippen molar-refractivity contribution in [3.05, 3.63) is 30.1 Å². The van der Waals surface area contributed by atoms with Gasteiger partial charge in [0.15, 0.2) is 11.6 Å². The number of nitrogens with one attached hydrogen (secondary N) is 1. The number of ether oxygens (including phenoxy) is 2. The van der Waals surface area contributed by atoms with Gasteiger partial charge in [-0.1, -0.05) is 32.6 Å². The van der Waals surface area contributed by atoms with Crippen LogP contribution in [0, 0.1) is 17.8 Å². The molecule has 1 aliphatic carbocycles. The van der Waals surface area contributed by atoms with E-state index in [1.54, 1.807) is 26.2 Å². The molecule has 1 N–H and O–H groups in total. The van der Waals surface area contributed by atoms with Crippen LogP contribution in [0.3, 0.4) is 0 Å². The smallest absolute Gasteiger partial charge is 0.223 e. The first-order valence-electron chi connectivity index (χ1n) is 14.5. The Bertz CT molecular complexity index is 999. The van der Waals surface area contributed by atoms with E-state index < -0.39 is 23.5 Å². The van der Waals surface area contributed by atoms with Crippen molar-refractivity contribution in [2.45, 2.75) is 76.9 Å². The maximum Gasteiger partial charge on any atom is 0.223 e. The van der Waals surface area contributed by atoms with Crippen molar-refractivity contribution >= 4 is 23.3 Å². The largest absolute Gasteiger partial charge is 0.379 e. The molecule has 4 rings (SSSR count). The fraction of sp³-hybridized carbons (Fsp3) is 0.700. The molecule has 0 spiro atoms. The Hall–Kier alpha value is -2.49. The van der Waals surface area contributed by atoms with Crippen LogP contribution in [0.1, 0.15) is 64.4 Å². The summed E-state index contributed by atoms with van der Waals surface area (Å²) in [7, 11) is 0. The molecule has 1 aromatic rings. The van der Waals surface area contributed by atoms with Crippen LogP contribution in [0.5, 0.6) is 0 Å². The van der Waals surface area contributed by atoms with Crippen LogP contribution < -0.4 is 5.32 Å². The summed E-state index contributed by atoms with van der Waals surface area (Å²) in [6.45, 7) is 6.85. The fourth-order valence-corrected chi connectivity index (χ4v) is 5.82. The van der Waals surface area contributed by atoms with E-state index in [9.17, 15) is 19.2 Å². The number of rotatable bonds is 15. The van der Waals surface area contributed by atoms with Gasteiger partial charge in [0.05, 0.1) is 32.4 Å². The Morgan fingerprint density at radius 3 is 2.41 bits per heavy atom. The SMILES string of the molecule is CC(CC(=O)CN1CCOCC1)C(=O)NC(Cc1ccncc1)C(=O)CC(CC1CCCC1)C(=O)C1(C)CO1. The lowest BCUT2D eigenvalue weighted by atomic mass is 9.81. The summed E-state index contributed by atoms with van der Waals surface area (Å²) >= 11 is 0. The molecule has 4 unspecified atom stereocenters. The minimum Gasteiger partial charge on any atom is -0.379 e. The molecule has 9 heteroatoms. The minimum absolute atomic E-state index is 0.00110. The van der Waals surface area contributed by atoms with E-state index in [2.05, 4.69) is 10.3 Å². The van der Waals surface area contributed by atoms with E-state index in [0.717, 1.165) is 31.2 Å². The van der Waals surface area contributed by atoms with Gasteiger partial charge in [-0.3, -0.25) is 29.1 Å². The van der Waals surface area contributed by atoms with Crippen LogP contribution in [0.15, 0.2) is 24.5 Å². The van der Waals surface area contributed by atoms with Crippen LogP contribution >= 0.6 is 0 Å². The van der Waals surface area contributed by atoms with Crippen molar-refractivity contribution < 1.29 is 28.7 Å². The lowest BCUT2D eigenvalue weighted by Gasteiger charge is -2.26. The third-order valence-electron chi connectivity index (χ3n) is 8.39. The molecule has 3 fully saturated rings. The van der Waals surface area contributed by atoms with Gasteiger partial charge in [0.25, 0.3) is 0 Å². The summed E-state index contributed by atoms with van der Waals surface area (Å²) in [5, 5.41) is 2.93. The van der Waals surface area contributed by atoms with Crippen molar-refractivity contribution in [2.24, 2.45) is 17.8 Å². The Kier molecular flexibility index (Phi) is 10.4. The topological polar surface area (TPSA) is 118 Å². The number of nitrogens with zero attached hydrogens (tertiary/aromatic N) is 2. The first-order valence-corrected chi connectivity index (χ1v) is 14.5. The number of amides is 1. The molecule has 214 valence electrons. The highest BCUT2D eigenvalue weighted by molar-refractivity contribution is 5.97. The third-order valence-corrected chi connectivity index (χ3v) is 8.39. The number of Topliss-reactive ketones (excluding diaryl/α,β-unsaturated/α-hetero) is 3. The summed E-state index contributed by atoms with van der Waals surface area (Å²) in [4.78, 5) is 59.0. The van der Waals surface area contributed by atoms with Crippen LogP contribution in [0.4, 0.5) is 0 Å². The van der Waals surface area contributed by atoms with Crippen molar-refractivity contribution in [3.63, 3.8) is 0 Å². The molecule has 0 aromatic carbocycles. The number of carbonyl (C=O) groups is 4. The van der Waals surface area contributed by atoms with Gasteiger partial charge in [0.1, 0.15) is 11.4 Å². The molecule has 0 bridgehead atoms. The van der Waals surface area contributed by atoms with E-state index in [4.69, 9.17) is 9.47 Å². The molecule has 0 radical (unpaired) electrons. The number of hydrogen-bond acceptors (Lipinski definition) is 8. The highest BCUT2D eigenvalue weighted by Gasteiger charge is 2.50. The molecule has 1 saturated carbocycles. The van der Waals surface area contributed by atoms with Gasteiger partial charge in [-0.2, -0.15) is 0 Å². The van der Waals surface area contributed by atoms with E-state index in [1.807, 2.05) is 17.0 Å². The highest BCUT2D eigenvalue weighted by Crippen LogP contribution is 2.37. The van der Waals surface area contributed by atoms with Gasteiger partial charge < -0.3 is 14.8 Å². The minimum atomic E-state index is -0.789. The summed E-state index contributed by atoms with van der Waals surface area (Å²) < 4.78 is 10.8. The van der Waals surface area contributed by atoms with Crippen LogP contribution in [-0.4, -0.2) is 84.2 Å². The van der Waals surface area contributed by atoms with Crippen molar-refractivity contribution in [1.82, 2.24) is 15.2 Å². The predicted octanol–water partition coefficient (Wildman–Crippen LogP) is 2.55. The summed E-state index contributed by atoms with van der Waals surface area (Å²) in [6, 6.07) is 2.85. The predicted molar refractivity (Wildman–Crippen MR) is 145 cm³/mol. The molecule has 3 aliphatic rings. The lowest BCUT2D eigenvalue weighted by molar-refractivity contribution is -0.134. The number of epoxide rings is 1. The van der Waals surface area contributed by atoms with E-state index in [0.29, 0.717) is 58.2 Å². The normalized spacial score (nSPS) is 24.1. The summed E-state index contributed by atoms with van der Waals surface area (Å²) in [6.07, 6.45) is 8.99. The highest BCUT2D eigenvalue weighted by atomic mass is 16.6. The van der Waals surface area contributed by atoms with Gasteiger partial charge in [0.2, 0.25) is 5.91 Å². The first kappa shape index (κ1) is 29.5. The first-order chi connectivity index (χ1) is 18.7. The lowest BCUT2D eigenvalue weighted by Crippen LogP contribution is -2.46. The standard InChI is InChI=1S/C30H43N3O6/c1-21(15-25(34)19-33-11-13-38-14-12-33)29(37)32-26(17-23-7-9-31-10-8-23)27(35)18-24(16-22-5-3-4-6-22)28(36)30(2)20-39-30/h7-10,21-22,24,26H,3-6,11-20H2,1-2H3,(H,32,37). The monoisotopic (exact) mass is 541 g/mol. The Labute approximate surface area is 231 Å². The second-order valence-corrected chi connectivity index (χ2v) is 11.8. The zero-order valence-electron chi connectivity index (χ0n) is 23.4. The average Bonchev–Trinajstić information content (AvgIpc) is 3.47. The number of carbonyl (C=O) groups excluding carboxylic acids is 4. The maximum atomic E-state index is 13.7. The van der Waals surface area contributed by atoms with Crippen LogP contribution in [-0.2, 0) is 35.1 Å². The average molecular weight is 542 g/mol. The molecule has 9 nitrogen and oxygen atoms in total. The molecular weight excluding hydrogens is 498 g/mol. The molecule has 1 aromatic heterocycles. The van der Waals surface area contributed by atoms with Gasteiger partial charge in [-0.25, -0.2) is 0 Å². The second kappa shape index (κ2) is 13.7. The molecule has 2 aliphatic heterocycles. The van der Waals surface area contributed by atoms with Gasteiger partial charge in [-0.05, 0) is 43.4 Å². The Morgan fingerprint density at radius 2 is 1.77 bits per heavy atom. The molecule has 1 amide bonds. The third kappa shape index (κ3) is 8.75. The summed E-state index contributed by atoms with van der Waals surface area (Å²) in [5.41, 5.74) is 0.0822. The van der Waals surface area contributed by atoms with Crippen molar-refractivity contribution in [1.29, 1.82) is 0 Å². The number of hydrogen-bond donors (Lipinski definition) is 1. The number of aromatic nitrogens is 1. The fourth-order valence-electron chi connectivity index (χ4n) is 5.82. The molecule has 3 heterocycles. The van der Waals surface area contributed by atoms with Crippen LogP contribution in [0.2, 0.25) is 0 Å². The van der Waals surface area contributed by atoms with E-state index in [1.165, 1.54) is 0 Å².